The molecule has 0 spiro atoms. The zero-order valence-electron chi connectivity index (χ0n) is 6.79. The second kappa shape index (κ2) is 4.28. The highest BCUT2D eigenvalue weighted by Crippen LogP contribution is 1.99. The van der Waals surface area contributed by atoms with E-state index in [0.717, 1.165) is 0 Å². The highest BCUT2D eigenvalue weighted by molar-refractivity contribution is 5.73. The minimum Gasteiger partial charge on any atom is -0.374 e. The maximum atomic E-state index is 10.7. The number of hydrogen-bond donors (Lipinski definition) is 1. The summed E-state index contributed by atoms with van der Waals surface area (Å²) in [5, 5.41) is 9.19. The predicted octanol–water partition coefficient (Wildman–Crippen LogP) is 0.583. The van der Waals surface area contributed by atoms with Gasteiger partial charge in [-0.2, -0.15) is 0 Å². The van der Waals surface area contributed by atoms with Gasteiger partial charge in [0.1, 0.15) is 6.23 Å². The molecule has 1 unspecified atom stereocenters. The van der Waals surface area contributed by atoms with Crippen LogP contribution in [0.5, 0.6) is 0 Å². The van der Waals surface area contributed by atoms with E-state index in [2.05, 4.69) is 0 Å². The third-order valence-corrected chi connectivity index (χ3v) is 1.47. The molecule has 0 bridgehead atoms. The normalized spacial score (nSPS) is 12.8. The Morgan fingerprint density at radius 1 is 1.60 bits per heavy atom. The van der Waals surface area contributed by atoms with Crippen molar-refractivity contribution in [3.8, 4) is 0 Å². The maximum absolute atomic E-state index is 10.7. The van der Waals surface area contributed by atoms with Gasteiger partial charge < -0.3 is 10.0 Å². The lowest BCUT2D eigenvalue weighted by Crippen LogP contribution is -2.38. The molecule has 1 amide bonds. The maximum Gasteiger partial charge on any atom is 0.221 e. The van der Waals surface area contributed by atoms with Crippen molar-refractivity contribution in [3.63, 3.8) is 0 Å². The Morgan fingerprint density at radius 2 is 2.10 bits per heavy atom. The molecule has 0 heterocycles. The van der Waals surface area contributed by atoms with Gasteiger partial charge >= 0.3 is 0 Å². The first-order chi connectivity index (χ1) is 4.63. The van der Waals surface area contributed by atoms with Crippen molar-refractivity contribution in [2.75, 3.05) is 6.54 Å². The number of amides is 1. The summed E-state index contributed by atoms with van der Waals surface area (Å²) in [5.41, 5.74) is 0. The van der Waals surface area contributed by atoms with Gasteiger partial charge in [-0.1, -0.05) is 6.92 Å². The summed E-state index contributed by atoms with van der Waals surface area (Å²) < 4.78 is 0. The fraction of sp³-hybridized carbons (Fsp3) is 0.857. The van der Waals surface area contributed by atoms with Gasteiger partial charge in [0.2, 0.25) is 5.91 Å². The van der Waals surface area contributed by atoms with Crippen LogP contribution in [-0.4, -0.2) is 28.7 Å². The van der Waals surface area contributed by atoms with Crippen molar-refractivity contribution < 1.29 is 9.90 Å². The summed E-state index contributed by atoms with van der Waals surface area (Å²) in [7, 11) is 0. The van der Waals surface area contributed by atoms with Gasteiger partial charge in [-0.25, -0.2) is 0 Å². The zero-order chi connectivity index (χ0) is 8.15. The molecule has 0 saturated carbocycles. The van der Waals surface area contributed by atoms with Gasteiger partial charge in [0.05, 0.1) is 0 Å². The first-order valence-corrected chi connectivity index (χ1v) is 3.58. The summed E-state index contributed by atoms with van der Waals surface area (Å²) in [5.74, 6) is -0.0724. The Balaban J connectivity index is 3.92. The highest BCUT2D eigenvalue weighted by Gasteiger charge is 2.13. The van der Waals surface area contributed by atoms with E-state index in [1.54, 1.807) is 0 Å². The summed E-state index contributed by atoms with van der Waals surface area (Å²) >= 11 is 0. The Hall–Kier alpha value is -0.570. The van der Waals surface area contributed by atoms with E-state index in [0.29, 0.717) is 13.0 Å². The van der Waals surface area contributed by atoms with E-state index in [9.17, 15) is 9.90 Å². The predicted molar refractivity (Wildman–Crippen MR) is 39.4 cm³/mol. The number of aliphatic hydroxyl groups is 1. The van der Waals surface area contributed by atoms with E-state index in [1.807, 2.05) is 13.8 Å². The number of hydrogen-bond acceptors (Lipinski definition) is 2. The Bertz CT molecular complexity index is 114. The van der Waals surface area contributed by atoms with Gasteiger partial charge in [-0.3, -0.25) is 4.79 Å². The van der Waals surface area contributed by atoms with Crippen LogP contribution >= 0.6 is 0 Å². The summed E-state index contributed by atoms with van der Waals surface area (Å²) in [6.45, 7) is 5.73. The lowest BCUT2D eigenvalue weighted by Gasteiger charge is -2.23. The Morgan fingerprint density at radius 3 is 2.20 bits per heavy atom. The molecule has 10 heavy (non-hydrogen) atoms. The van der Waals surface area contributed by atoms with E-state index < -0.39 is 6.23 Å². The van der Waals surface area contributed by atoms with E-state index >= 15 is 0 Å². The molecule has 0 rings (SSSR count). The van der Waals surface area contributed by atoms with Crippen molar-refractivity contribution in [3.05, 3.63) is 0 Å². The monoisotopic (exact) mass is 145 g/mol. The SMILES string of the molecule is CCC(O)N(CC)C(C)=O. The Labute approximate surface area is 61.6 Å². The van der Waals surface area contributed by atoms with Crippen LogP contribution in [0.2, 0.25) is 0 Å². The van der Waals surface area contributed by atoms with Gasteiger partial charge in [-0.05, 0) is 13.3 Å². The number of carbonyl (C=O) groups is 1. The third kappa shape index (κ3) is 2.35. The third-order valence-electron chi connectivity index (χ3n) is 1.47. The molecule has 60 valence electrons. The molecular weight excluding hydrogens is 130 g/mol. The zero-order valence-corrected chi connectivity index (χ0v) is 6.79. The molecule has 1 atom stereocenters. The molecule has 0 aromatic rings. The van der Waals surface area contributed by atoms with Crippen LogP contribution in [0.1, 0.15) is 27.2 Å². The van der Waals surface area contributed by atoms with Crippen LogP contribution in [-0.2, 0) is 4.79 Å². The van der Waals surface area contributed by atoms with Gasteiger partial charge in [-0.15, -0.1) is 0 Å². The second-order valence-electron chi connectivity index (χ2n) is 2.19. The smallest absolute Gasteiger partial charge is 0.221 e. The fourth-order valence-electron chi connectivity index (χ4n) is 0.864. The summed E-state index contributed by atoms with van der Waals surface area (Å²) in [4.78, 5) is 12.2. The first-order valence-electron chi connectivity index (χ1n) is 3.58. The van der Waals surface area contributed by atoms with Crippen LogP contribution in [0, 0.1) is 0 Å². The quantitative estimate of drug-likeness (QED) is 0.590. The van der Waals surface area contributed by atoms with Crippen molar-refractivity contribution in [2.45, 2.75) is 33.4 Å². The molecule has 1 N–H and O–H groups in total. The standard InChI is InChI=1S/C7H15NO2/c1-4-7(10)8(5-2)6(3)9/h7,10H,4-5H2,1-3H3. The molecule has 0 aliphatic carbocycles. The lowest BCUT2D eigenvalue weighted by molar-refractivity contribution is -0.138. The number of nitrogens with zero attached hydrogens (tertiary/aromatic N) is 1. The minimum absolute atomic E-state index is 0.0724. The molecule has 0 fully saturated rings. The topological polar surface area (TPSA) is 40.5 Å². The largest absolute Gasteiger partial charge is 0.374 e. The molecule has 0 aromatic heterocycles. The minimum atomic E-state index is -0.609. The van der Waals surface area contributed by atoms with Crippen molar-refractivity contribution in [1.82, 2.24) is 4.90 Å². The summed E-state index contributed by atoms with van der Waals surface area (Å²) in [6.07, 6.45) is -0.0181. The van der Waals surface area contributed by atoms with Crippen molar-refractivity contribution >= 4 is 5.91 Å². The van der Waals surface area contributed by atoms with E-state index in [-0.39, 0.29) is 5.91 Å². The van der Waals surface area contributed by atoms with Gasteiger partial charge in [0.15, 0.2) is 0 Å². The van der Waals surface area contributed by atoms with Crippen LogP contribution in [0.3, 0.4) is 0 Å². The highest BCUT2D eigenvalue weighted by atomic mass is 16.3. The van der Waals surface area contributed by atoms with Crippen LogP contribution in [0.15, 0.2) is 0 Å². The molecule has 3 nitrogen and oxygen atoms in total. The summed E-state index contributed by atoms with van der Waals surface area (Å²) in [6, 6.07) is 0. The average Bonchev–Trinajstić information content (AvgIpc) is 1.88. The first kappa shape index (κ1) is 9.43. The Kier molecular flexibility index (Phi) is 4.03. The van der Waals surface area contributed by atoms with Gasteiger partial charge in [0.25, 0.3) is 0 Å². The van der Waals surface area contributed by atoms with E-state index in [1.165, 1.54) is 11.8 Å². The fourth-order valence-corrected chi connectivity index (χ4v) is 0.864. The molecule has 0 aromatic carbocycles. The van der Waals surface area contributed by atoms with Crippen LogP contribution in [0.25, 0.3) is 0 Å². The molecular formula is C7H15NO2. The van der Waals surface area contributed by atoms with Crippen LogP contribution < -0.4 is 0 Å². The molecule has 0 aliphatic heterocycles. The molecule has 0 radical (unpaired) electrons. The van der Waals surface area contributed by atoms with E-state index in [4.69, 9.17) is 0 Å². The van der Waals surface area contributed by atoms with Gasteiger partial charge in [0, 0.05) is 13.5 Å². The number of rotatable bonds is 3. The molecule has 0 aliphatic rings. The lowest BCUT2D eigenvalue weighted by atomic mass is 10.3. The number of carbonyl (C=O) groups excluding carboxylic acids is 1. The number of aliphatic hydroxyl groups excluding tert-OH is 1. The molecule has 3 heteroatoms. The van der Waals surface area contributed by atoms with Crippen molar-refractivity contribution in [2.24, 2.45) is 0 Å². The van der Waals surface area contributed by atoms with Crippen molar-refractivity contribution in [1.29, 1.82) is 0 Å². The van der Waals surface area contributed by atoms with Crippen LogP contribution in [0.4, 0.5) is 0 Å². The second-order valence-corrected chi connectivity index (χ2v) is 2.19. The molecule has 0 saturated heterocycles. The average molecular weight is 145 g/mol.